The fourth-order valence-corrected chi connectivity index (χ4v) is 11.6. The van der Waals surface area contributed by atoms with E-state index >= 15 is 0 Å². The van der Waals surface area contributed by atoms with Crippen LogP contribution < -0.4 is 5.32 Å². The van der Waals surface area contributed by atoms with Gasteiger partial charge in [0.15, 0.2) is 12.6 Å². The van der Waals surface area contributed by atoms with E-state index in [2.05, 4.69) is 92.1 Å². The third-order valence-corrected chi connectivity index (χ3v) is 17.3. The second kappa shape index (κ2) is 59.0. The Balaban J connectivity index is 1.68. The van der Waals surface area contributed by atoms with Crippen LogP contribution in [0.15, 0.2) is 85.1 Å². The van der Waals surface area contributed by atoms with Crippen molar-refractivity contribution in [2.45, 2.75) is 364 Å². The van der Waals surface area contributed by atoms with Gasteiger partial charge in [-0.1, -0.05) is 292 Å². The molecule has 0 aliphatic carbocycles. The largest absolute Gasteiger partial charge is 0.394 e. The Kier molecular flexibility index (Phi) is 54.5. The van der Waals surface area contributed by atoms with Gasteiger partial charge in [-0.2, -0.15) is 0 Å². The highest BCUT2D eigenvalue weighted by atomic mass is 16.7. The van der Waals surface area contributed by atoms with Crippen LogP contribution in [0.25, 0.3) is 0 Å². The molecule has 516 valence electrons. The fourth-order valence-electron chi connectivity index (χ4n) is 11.6. The summed E-state index contributed by atoms with van der Waals surface area (Å²) >= 11 is 0. The normalized spacial score (nSPS) is 23.5. The summed E-state index contributed by atoms with van der Waals surface area (Å²) in [5, 5.41) is 87.5. The van der Waals surface area contributed by atoms with E-state index in [0.29, 0.717) is 12.8 Å². The van der Waals surface area contributed by atoms with Crippen LogP contribution in [-0.2, 0) is 23.7 Å². The third-order valence-electron chi connectivity index (χ3n) is 17.3. The van der Waals surface area contributed by atoms with Crippen LogP contribution in [-0.4, -0.2) is 140 Å². The smallest absolute Gasteiger partial charge is 0.220 e. The molecule has 0 radical (unpaired) electrons. The van der Waals surface area contributed by atoms with E-state index < -0.39 is 86.8 Å². The van der Waals surface area contributed by atoms with E-state index in [1.54, 1.807) is 6.08 Å². The number of amides is 1. The van der Waals surface area contributed by atoms with Crippen molar-refractivity contribution in [1.29, 1.82) is 0 Å². The first-order valence-electron chi connectivity index (χ1n) is 36.3. The van der Waals surface area contributed by atoms with Gasteiger partial charge in [0, 0.05) is 6.42 Å². The molecule has 0 bridgehead atoms. The van der Waals surface area contributed by atoms with Gasteiger partial charge >= 0.3 is 0 Å². The topological polar surface area (TPSA) is 228 Å². The molecule has 12 unspecified atom stereocenters. The number of nitrogens with one attached hydrogen (secondary N) is 1. The molecular weight excluding hydrogens is 1120 g/mol. The molecule has 12 atom stereocenters. The Bertz CT molecular complexity index is 1820. The number of aliphatic hydroxyl groups excluding tert-OH is 8. The molecule has 2 aliphatic rings. The van der Waals surface area contributed by atoms with Crippen molar-refractivity contribution in [2.24, 2.45) is 0 Å². The quantitative estimate of drug-likeness (QED) is 0.0204. The summed E-state index contributed by atoms with van der Waals surface area (Å²) in [4.78, 5) is 13.3. The van der Waals surface area contributed by atoms with Gasteiger partial charge in [-0.05, 0) is 77.0 Å². The van der Waals surface area contributed by atoms with Crippen LogP contribution >= 0.6 is 0 Å². The molecule has 0 saturated carbocycles. The maximum atomic E-state index is 13.3. The number of carbonyl (C=O) groups is 1. The Morgan fingerprint density at radius 2 is 0.787 bits per heavy atom. The lowest BCUT2D eigenvalue weighted by molar-refractivity contribution is -0.359. The van der Waals surface area contributed by atoms with Crippen LogP contribution in [0.5, 0.6) is 0 Å². The molecular formula is C75H133NO13. The molecule has 1 amide bonds. The lowest BCUT2D eigenvalue weighted by Crippen LogP contribution is -2.65. The summed E-state index contributed by atoms with van der Waals surface area (Å²) < 4.78 is 22.8. The average molecular weight is 1260 g/mol. The monoisotopic (exact) mass is 1260 g/mol. The highest BCUT2D eigenvalue weighted by Gasteiger charge is 2.51. The minimum absolute atomic E-state index is 0.256. The number of allylic oxidation sites excluding steroid dienone is 13. The summed E-state index contributed by atoms with van der Waals surface area (Å²) in [6.07, 6.45) is 65.1. The molecule has 2 saturated heterocycles. The van der Waals surface area contributed by atoms with E-state index in [9.17, 15) is 45.6 Å². The molecule has 2 rings (SSSR count). The molecule has 2 aliphatic heterocycles. The maximum Gasteiger partial charge on any atom is 0.220 e. The zero-order chi connectivity index (χ0) is 64.5. The van der Waals surface area contributed by atoms with E-state index in [-0.39, 0.29) is 18.9 Å². The summed E-state index contributed by atoms with van der Waals surface area (Å²) in [6.45, 7) is 2.69. The van der Waals surface area contributed by atoms with Gasteiger partial charge in [0.2, 0.25) is 5.91 Å². The number of ether oxygens (including phenoxy) is 4. The van der Waals surface area contributed by atoms with Gasteiger partial charge in [-0.15, -0.1) is 0 Å². The van der Waals surface area contributed by atoms with Crippen molar-refractivity contribution < 1.29 is 64.6 Å². The molecule has 0 aromatic heterocycles. The second-order valence-corrected chi connectivity index (χ2v) is 25.3. The Morgan fingerprint density at radius 1 is 0.416 bits per heavy atom. The standard InChI is InChI=1S/C75H133NO13/c1-3-5-7-9-11-13-15-17-19-21-23-25-27-28-29-30-31-32-33-34-35-37-38-40-42-44-46-48-50-52-54-56-58-64(79)63(62-86-74-72(85)70(83)73(66(61-78)88-74)89-75-71(84)69(82)68(81)65(60-77)87-75)76-67(80)59-57-55-53-51-49-47-45-43-41-39-36-26-24-22-20-18-16-14-12-10-8-6-4-2/h6,8,12,14,18,20,24,26,39,41,48,50,56,58,63-66,68-75,77-79,81-85H,3-5,7,9-11,13,15-17,19,21-23,25,27-38,40,42-47,49,51-55,57,59-62H2,1-2H3,(H,76,80)/b8-6-,14-12-,20-18-,26-24-,41-39-,50-48+,58-56+. The number of hydrogen-bond acceptors (Lipinski definition) is 13. The van der Waals surface area contributed by atoms with Crippen molar-refractivity contribution in [3.05, 3.63) is 85.1 Å². The highest BCUT2D eigenvalue weighted by Crippen LogP contribution is 2.30. The molecule has 14 heteroatoms. The number of carbonyl (C=O) groups excluding carboxylic acids is 1. The molecule has 89 heavy (non-hydrogen) atoms. The van der Waals surface area contributed by atoms with E-state index in [1.165, 1.54) is 173 Å². The number of aliphatic hydroxyl groups is 8. The maximum absolute atomic E-state index is 13.3. The van der Waals surface area contributed by atoms with Gasteiger partial charge in [0.25, 0.3) is 0 Å². The molecule has 0 aromatic carbocycles. The predicted molar refractivity (Wildman–Crippen MR) is 364 cm³/mol. The first-order chi connectivity index (χ1) is 43.6. The van der Waals surface area contributed by atoms with Gasteiger partial charge < -0.3 is 65.1 Å². The van der Waals surface area contributed by atoms with Crippen molar-refractivity contribution in [1.82, 2.24) is 5.32 Å². The van der Waals surface area contributed by atoms with E-state index in [0.717, 1.165) is 83.5 Å². The fraction of sp³-hybridized carbons (Fsp3) is 0.800. The van der Waals surface area contributed by atoms with Crippen molar-refractivity contribution >= 4 is 5.91 Å². The second-order valence-electron chi connectivity index (χ2n) is 25.3. The van der Waals surface area contributed by atoms with Gasteiger partial charge in [0.1, 0.15) is 48.8 Å². The van der Waals surface area contributed by atoms with E-state index in [4.69, 9.17) is 18.9 Å². The predicted octanol–water partition coefficient (Wildman–Crippen LogP) is 15.2. The molecule has 2 heterocycles. The SMILES string of the molecule is CC/C=C\C/C=C\C/C=C\C/C=C\C/C=C\CCCCCCCCCC(=O)NC(COC1OC(CO)C(OC2OC(CO)C(O)C(O)C2O)C(O)C1O)C(O)/C=C/CC/C=C/CCCCCCCCCCCCCCCCCCCCCCCCCCCC. The molecule has 14 nitrogen and oxygen atoms in total. The van der Waals surface area contributed by atoms with Gasteiger partial charge in [-0.3, -0.25) is 4.79 Å². The van der Waals surface area contributed by atoms with Crippen molar-refractivity contribution in [2.75, 3.05) is 19.8 Å². The third kappa shape index (κ3) is 42.9. The summed E-state index contributed by atoms with van der Waals surface area (Å²) in [5.41, 5.74) is 0. The lowest BCUT2D eigenvalue weighted by atomic mass is 9.97. The van der Waals surface area contributed by atoms with Crippen LogP contribution in [0.3, 0.4) is 0 Å². The zero-order valence-corrected chi connectivity index (χ0v) is 56.2. The molecule has 2 fully saturated rings. The molecule has 0 aromatic rings. The van der Waals surface area contributed by atoms with Crippen LogP contribution in [0.4, 0.5) is 0 Å². The molecule has 0 spiro atoms. The summed E-state index contributed by atoms with van der Waals surface area (Å²) in [5.74, 6) is -0.261. The van der Waals surface area contributed by atoms with Crippen LogP contribution in [0, 0.1) is 0 Å². The van der Waals surface area contributed by atoms with Gasteiger partial charge in [0.05, 0.1) is 32.0 Å². The minimum Gasteiger partial charge on any atom is -0.394 e. The van der Waals surface area contributed by atoms with Crippen molar-refractivity contribution in [3.8, 4) is 0 Å². The number of unbranched alkanes of at least 4 members (excludes halogenated alkanes) is 34. The number of rotatable bonds is 59. The lowest BCUT2D eigenvalue weighted by Gasteiger charge is -2.46. The number of hydrogen-bond donors (Lipinski definition) is 9. The van der Waals surface area contributed by atoms with E-state index in [1.807, 2.05) is 6.08 Å². The summed E-state index contributed by atoms with van der Waals surface area (Å²) in [7, 11) is 0. The molecule has 9 N–H and O–H groups in total. The Labute approximate surface area is 541 Å². The average Bonchev–Trinajstić information content (AvgIpc) is 3.63. The Morgan fingerprint density at radius 3 is 1.24 bits per heavy atom. The van der Waals surface area contributed by atoms with Crippen LogP contribution in [0.2, 0.25) is 0 Å². The first-order valence-corrected chi connectivity index (χ1v) is 36.3. The Hall–Kier alpha value is -2.83. The highest BCUT2D eigenvalue weighted by molar-refractivity contribution is 5.76. The van der Waals surface area contributed by atoms with Crippen LogP contribution in [0.1, 0.15) is 290 Å². The van der Waals surface area contributed by atoms with Gasteiger partial charge in [-0.25, -0.2) is 0 Å². The first kappa shape index (κ1) is 82.3. The zero-order valence-electron chi connectivity index (χ0n) is 56.2. The van der Waals surface area contributed by atoms with Crippen molar-refractivity contribution in [3.63, 3.8) is 0 Å². The summed E-state index contributed by atoms with van der Waals surface area (Å²) in [6, 6.07) is -0.945. The minimum atomic E-state index is -1.80.